The molecule has 2 unspecified atom stereocenters. The predicted molar refractivity (Wildman–Crippen MR) is 74.3 cm³/mol. The summed E-state index contributed by atoms with van der Waals surface area (Å²) in [6.45, 7) is 6.54. The molecule has 0 aromatic carbocycles. The maximum atomic E-state index is 11.5. The van der Waals surface area contributed by atoms with Gasteiger partial charge in [-0.25, -0.2) is 9.78 Å². The third kappa shape index (κ3) is 2.78. The first-order valence-electron chi connectivity index (χ1n) is 6.41. The Morgan fingerprint density at radius 1 is 1.37 bits per heavy atom. The van der Waals surface area contributed by atoms with Crippen molar-refractivity contribution in [2.75, 3.05) is 11.4 Å². The van der Waals surface area contributed by atoms with Crippen LogP contribution in [0, 0.1) is 5.92 Å². The second kappa shape index (κ2) is 5.28. The van der Waals surface area contributed by atoms with Crippen molar-refractivity contribution in [1.29, 1.82) is 0 Å². The largest absolute Gasteiger partial charge is 0.476 e. The summed E-state index contributed by atoms with van der Waals surface area (Å²) in [5.41, 5.74) is -0.113. The summed E-state index contributed by atoms with van der Waals surface area (Å²) in [6, 6.07) is 0.337. The highest BCUT2D eigenvalue weighted by Crippen LogP contribution is 2.32. The minimum Gasteiger partial charge on any atom is -0.476 e. The topological polar surface area (TPSA) is 70.5 Å². The number of carbonyl (C=O) groups is 2. The lowest BCUT2D eigenvalue weighted by Crippen LogP contribution is -2.41. The Bertz CT molecular complexity index is 480. The van der Waals surface area contributed by atoms with Crippen molar-refractivity contribution in [3.05, 3.63) is 10.6 Å². The second-order valence-electron chi connectivity index (χ2n) is 5.22. The second-order valence-corrected chi connectivity index (χ2v) is 6.20. The summed E-state index contributed by atoms with van der Waals surface area (Å²) >= 11 is 1.19. The van der Waals surface area contributed by atoms with Crippen LogP contribution in [0.25, 0.3) is 0 Å². The van der Waals surface area contributed by atoms with E-state index in [9.17, 15) is 9.59 Å². The fourth-order valence-electron chi connectivity index (χ4n) is 2.37. The van der Waals surface area contributed by atoms with E-state index in [0.29, 0.717) is 17.1 Å². The van der Waals surface area contributed by atoms with Crippen molar-refractivity contribution >= 4 is 28.2 Å². The SMILES string of the molecule is CC(=O)c1sc(N2CC(C)CCC2C)nc1C(=O)O. The van der Waals surface area contributed by atoms with Crippen molar-refractivity contribution in [3.63, 3.8) is 0 Å². The minimum atomic E-state index is -1.13. The highest BCUT2D eigenvalue weighted by atomic mass is 32.1. The van der Waals surface area contributed by atoms with Crippen LogP contribution >= 0.6 is 11.3 Å². The summed E-state index contributed by atoms with van der Waals surface area (Å²) in [6.07, 6.45) is 2.24. The van der Waals surface area contributed by atoms with Crippen molar-refractivity contribution in [3.8, 4) is 0 Å². The first-order chi connectivity index (χ1) is 8.90. The number of aromatic nitrogens is 1. The lowest BCUT2D eigenvalue weighted by molar-refractivity contribution is 0.0687. The number of carboxylic acid groups (broad SMARTS) is 1. The van der Waals surface area contributed by atoms with Crippen LogP contribution in [0.15, 0.2) is 0 Å². The van der Waals surface area contributed by atoms with Gasteiger partial charge in [0.15, 0.2) is 16.6 Å². The Kier molecular flexibility index (Phi) is 3.89. The summed E-state index contributed by atoms with van der Waals surface area (Å²) in [7, 11) is 0. The van der Waals surface area contributed by atoms with E-state index < -0.39 is 5.97 Å². The number of carboxylic acids is 1. The zero-order valence-electron chi connectivity index (χ0n) is 11.3. The minimum absolute atomic E-state index is 0.113. The van der Waals surface area contributed by atoms with Gasteiger partial charge in [0.05, 0.1) is 0 Å². The number of aromatic carboxylic acids is 1. The Morgan fingerprint density at radius 3 is 2.58 bits per heavy atom. The molecule has 2 rings (SSSR count). The highest BCUT2D eigenvalue weighted by Gasteiger charge is 2.28. The van der Waals surface area contributed by atoms with Gasteiger partial charge in [-0.15, -0.1) is 0 Å². The average Bonchev–Trinajstić information content (AvgIpc) is 2.77. The van der Waals surface area contributed by atoms with E-state index in [2.05, 4.69) is 23.7 Å². The van der Waals surface area contributed by atoms with Crippen LogP contribution in [0.4, 0.5) is 5.13 Å². The number of ketones is 1. The van der Waals surface area contributed by atoms with Gasteiger partial charge in [-0.1, -0.05) is 18.3 Å². The molecule has 2 atom stereocenters. The van der Waals surface area contributed by atoms with Crippen LogP contribution in [0.3, 0.4) is 0 Å². The number of nitrogens with zero attached hydrogens (tertiary/aromatic N) is 2. The third-order valence-corrected chi connectivity index (χ3v) is 4.69. The van der Waals surface area contributed by atoms with Gasteiger partial charge in [0, 0.05) is 19.5 Å². The van der Waals surface area contributed by atoms with Crippen molar-refractivity contribution in [1.82, 2.24) is 4.98 Å². The normalized spacial score (nSPS) is 23.4. The Morgan fingerprint density at radius 2 is 2.05 bits per heavy atom. The molecular formula is C13H18N2O3S. The van der Waals surface area contributed by atoms with Gasteiger partial charge in [0.1, 0.15) is 4.88 Å². The molecule has 0 saturated carbocycles. The molecule has 5 nitrogen and oxygen atoms in total. The molecule has 0 amide bonds. The van der Waals surface area contributed by atoms with Gasteiger partial charge in [0.25, 0.3) is 0 Å². The van der Waals surface area contributed by atoms with E-state index in [0.717, 1.165) is 13.0 Å². The van der Waals surface area contributed by atoms with Crippen LogP contribution in [-0.4, -0.2) is 34.4 Å². The summed E-state index contributed by atoms with van der Waals surface area (Å²) in [4.78, 5) is 29.2. The monoisotopic (exact) mass is 282 g/mol. The number of carbonyl (C=O) groups excluding carboxylic acids is 1. The molecule has 0 bridgehead atoms. The fourth-order valence-corrected chi connectivity index (χ4v) is 3.44. The van der Waals surface area contributed by atoms with Gasteiger partial charge < -0.3 is 10.0 Å². The number of piperidine rings is 1. The molecule has 1 aliphatic rings. The molecule has 104 valence electrons. The van der Waals surface area contributed by atoms with Crippen molar-refractivity contribution in [2.24, 2.45) is 5.92 Å². The highest BCUT2D eigenvalue weighted by molar-refractivity contribution is 7.17. The van der Waals surface area contributed by atoms with Crippen LogP contribution in [0.1, 0.15) is 53.8 Å². The first-order valence-corrected chi connectivity index (χ1v) is 7.23. The summed E-state index contributed by atoms with van der Waals surface area (Å²) in [5.74, 6) is -0.807. The molecule has 2 heterocycles. The van der Waals surface area contributed by atoms with Crippen LogP contribution in [0.2, 0.25) is 0 Å². The zero-order chi connectivity index (χ0) is 14.2. The molecule has 0 aliphatic carbocycles. The van der Waals surface area contributed by atoms with Crippen LogP contribution in [0.5, 0.6) is 0 Å². The van der Waals surface area contributed by atoms with Gasteiger partial charge >= 0.3 is 5.97 Å². The van der Waals surface area contributed by atoms with E-state index in [1.165, 1.54) is 24.7 Å². The first kappa shape index (κ1) is 14.0. The van der Waals surface area contributed by atoms with Gasteiger partial charge in [-0.3, -0.25) is 4.79 Å². The molecule has 1 saturated heterocycles. The molecule has 0 radical (unpaired) electrons. The Labute approximate surface area is 116 Å². The van der Waals surface area contributed by atoms with Crippen LogP contribution in [-0.2, 0) is 0 Å². The van der Waals surface area contributed by atoms with Gasteiger partial charge in [-0.05, 0) is 25.7 Å². The zero-order valence-corrected chi connectivity index (χ0v) is 12.2. The van der Waals surface area contributed by atoms with E-state index in [1.54, 1.807) is 0 Å². The molecule has 1 aliphatic heterocycles. The number of hydrogen-bond donors (Lipinski definition) is 1. The van der Waals surface area contributed by atoms with E-state index in [4.69, 9.17) is 5.11 Å². The lowest BCUT2D eigenvalue weighted by atomic mass is 9.96. The average molecular weight is 282 g/mol. The Balaban J connectivity index is 2.37. The third-order valence-electron chi connectivity index (χ3n) is 3.50. The van der Waals surface area contributed by atoms with Gasteiger partial charge in [-0.2, -0.15) is 0 Å². The maximum absolute atomic E-state index is 11.5. The van der Waals surface area contributed by atoms with E-state index in [-0.39, 0.29) is 16.4 Å². The molecule has 19 heavy (non-hydrogen) atoms. The number of Topliss-reactive ketones (excluding diaryl/α,β-unsaturated/α-hetero) is 1. The standard InChI is InChI=1S/C13H18N2O3S/c1-7-4-5-8(2)15(6-7)13-14-10(12(17)18)11(19-13)9(3)16/h7-8H,4-6H2,1-3H3,(H,17,18). The predicted octanol–water partition coefficient (Wildman–Crippen LogP) is 2.67. The van der Waals surface area contributed by atoms with Crippen molar-refractivity contribution in [2.45, 2.75) is 39.7 Å². The fraction of sp³-hybridized carbons (Fsp3) is 0.615. The number of thiazole rings is 1. The number of rotatable bonds is 3. The smallest absolute Gasteiger partial charge is 0.356 e. The van der Waals surface area contributed by atoms with Gasteiger partial charge in [0.2, 0.25) is 0 Å². The molecule has 6 heteroatoms. The van der Waals surface area contributed by atoms with E-state index >= 15 is 0 Å². The molecule has 0 spiro atoms. The number of anilines is 1. The number of hydrogen-bond acceptors (Lipinski definition) is 5. The Hall–Kier alpha value is -1.43. The molecule has 1 N–H and O–H groups in total. The van der Waals surface area contributed by atoms with Crippen LogP contribution < -0.4 is 4.90 Å². The molecular weight excluding hydrogens is 264 g/mol. The van der Waals surface area contributed by atoms with E-state index in [1.807, 2.05) is 0 Å². The lowest BCUT2D eigenvalue weighted by Gasteiger charge is -2.36. The molecule has 1 fully saturated rings. The maximum Gasteiger partial charge on any atom is 0.356 e. The molecule has 1 aromatic rings. The summed E-state index contributed by atoms with van der Waals surface area (Å²) in [5, 5.41) is 9.77. The summed E-state index contributed by atoms with van der Waals surface area (Å²) < 4.78 is 0. The van der Waals surface area contributed by atoms with Crippen molar-refractivity contribution < 1.29 is 14.7 Å². The quantitative estimate of drug-likeness (QED) is 0.863. The molecule has 1 aromatic heterocycles.